The fourth-order valence-corrected chi connectivity index (χ4v) is 5.83. The number of nitrogens with zero attached hydrogens (tertiary/aromatic N) is 3. The van der Waals surface area contributed by atoms with Gasteiger partial charge in [-0.15, -0.1) is 0 Å². The van der Waals surface area contributed by atoms with Gasteiger partial charge in [0.1, 0.15) is 6.07 Å². The summed E-state index contributed by atoms with van der Waals surface area (Å²) in [5, 5.41) is 9.19. The Morgan fingerprint density at radius 3 is 2.54 bits per heavy atom. The van der Waals surface area contributed by atoms with Gasteiger partial charge in [-0.25, -0.2) is 9.79 Å². The maximum Gasteiger partial charge on any atom is 0.434 e. The van der Waals surface area contributed by atoms with Crippen molar-refractivity contribution in [3.8, 4) is 17.6 Å². The van der Waals surface area contributed by atoms with Gasteiger partial charge in [0.05, 0.1) is 33.8 Å². The highest BCUT2D eigenvalue weighted by molar-refractivity contribution is 9.10. The number of carbonyl (C=O) groups is 1. The molecule has 0 saturated heterocycles. The third kappa shape index (κ3) is 6.34. The minimum Gasteiger partial charge on any atom is -0.490 e. The van der Waals surface area contributed by atoms with E-state index in [-0.39, 0.29) is 40.5 Å². The quantitative estimate of drug-likeness (QED) is 0.311. The summed E-state index contributed by atoms with van der Waals surface area (Å²) in [5.41, 5.74) is -2.25. The molecule has 14 heteroatoms. The van der Waals surface area contributed by atoms with Gasteiger partial charge >= 0.3 is 12.1 Å². The number of aromatic nitrogens is 1. The number of halogens is 5. The number of allylic oxidation sites excluding steroid dienone is 1. The molecule has 1 atom stereocenters. The number of fused-ring (bicyclic) bond motifs is 1. The van der Waals surface area contributed by atoms with E-state index in [2.05, 4.69) is 20.9 Å². The zero-order valence-corrected chi connectivity index (χ0v) is 24.6. The van der Waals surface area contributed by atoms with Crippen molar-refractivity contribution in [2.45, 2.75) is 26.1 Å². The van der Waals surface area contributed by atoms with Gasteiger partial charge < -0.3 is 14.2 Å². The Balaban J connectivity index is 1.99. The van der Waals surface area contributed by atoms with E-state index in [4.69, 9.17) is 31.1 Å². The molecule has 0 unspecified atom stereocenters. The highest BCUT2D eigenvalue weighted by atomic mass is 79.9. The molecule has 2 heterocycles. The topological polar surface area (TPSA) is 103 Å². The molecule has 0 bridgehead atoms. The summed E-state index contributed by atoms with van der Waals surface area (Å²) in [4.78, 5) is 30.2. The van der Waals surface area contributed by atoms with E-state index in [0.717, 1.165) is 15.9 Å². The van der Waals surface area contributed by atoms with Crippen LogP contribution in [-0.2, 0) is 9.53 Å². The molecule has 0 aliphatic carbocycles. The van der Waals surface area contributed by atoms with Gasteiger partial charge in [-0.05, 0) is 71.2 Å². The monoisotopic (exact) mass is 669 g/mol. The largest absolute Gasteiger partial charge is 0.490 e. The molecule has 41 heavy (non-hydrogen) atoms. The van der Waals surface area contributed by atoms with Crippen LogP contribution in [0, 0.1) is 11.3 Å². The van der Waals surface area contributed by atoms with Crippen LogP contribution in [0.25, 0.3) is 6.08 Å². The number of rotatable bonds is 8. The number of esters is 1. The third-order valence-electron chi connectivity index (χ3n) is 5.69. The predicted molar refractivity (Wildman–Crippen MR) is 149 cm³/mol. The Hall–Kier alpha value is -3.60. The molecule has 0 N–H and O–H groups in total. The summed E-state index contributed by atoms with van der Waals surface area (Å²) in [7, 11) is 0. The highest BCUT2D eigenvalue weighted by Crippen LogP contribution is 2.39. The van der Waals surface area contributed by atoms with Crippen LogP contribution in [-0.4, -0.2) is 36.5 Å². The van der Waals surface area contributed by atoms with E-state index in [1.807, 2.05) is 6.07 Å². The van der Waals surface area contributed by atoms with Gasteiger partial charge in [-0.1, -0.05) is 35.1 Å². The number of benzene rings is 2. The summed E-state index contributed by atoms with van der Waals surface area (Å²) in [6, 6.07) is 9.35. The second-order valence-corrected chi connectivity index (χ2v) is 10.6. The first-order valence-corrected chi connectivity index (χ1v) is 14.0. The van der Waals surface area contributed by atoms with Crippen molar-refractivity contribution in [1.29, 1.82) is 5.26 Å². The molecule has 0 fully saturated rings. The van der Waals surface area contributed by atoms with Crippen LogP contribution in [0.2, 0.25) is 5.02 Å². The average molecular weight is 671 g/mol. The van der Waals surface area contributed by atoms with Gasteiger partial charge in [0.2, 0.25) is 0 Å². The van der Waals surface area contributed by atoms with E-state index < -0.39 is 35.0 Å². The molecule has 1 aromatic heterocycles. The van der Waals surface area contributed by atoms with Gasteiger partial charge in [0.15, 0.2) is 28.6 Å². The summed E-state index contributed by atoms with van der Waals surface area (Å²) in [6.07, 6.45) is -3.55. The van der Waals surface area contributed by atoms with Crippen LogP contribution in [0.15, 0.2) is 61.9 Å². The summed E-state index contributed by atoms with van der Waals surface area (Å²) < 4.78 is 60.3. The van der Waals surface area contributed by atoms with E-state index in [0.29, 0.717) is 20.8 Å². The zero-order chi connectivity index (χ0) is 29.9. The van der Waals surface area contributed by atoms with Crippen molar-refractivity contribution in [1.82, 2.24) is 4.57 Å². The average Bonchev–Trinajstić information content (AvgIpc) is 3.22. The van der Waals surface area contributed by atoms with Crippen molar-refractivity contribution < 1.29 is 32.2 Å². The SMILES string of the molecule is CCOC(=O)C1=C(C(F)(F)F)N=c2s/c(=C\c3cc(Br)c(OCC#N)c(OCC)c3)c(=O)n2[C@H]1c1ccc(Cl)cc1. The normalized spacial score (nSPS) is 15.2. The first kappa shape index (κ1) is 30.4. The molecule has 0 amide bonds. The Labute approximate surface area is 248 Å². The van der Waals surface area contributed by atoms with Gasteiger partial charge in [-0.3, -0.25) is 9.36 Å². The van der Waals surface area contributed by atoms with E-state index in [9.17, 15) is 22.8 Å². The third-order valence-corrected chi connectivity index (χ3v) is 7.52. The molecule has 2 aromatic carbocycles. The molecular weight excluding hydrogens is 651 g/mol. The lowest BCUT2D eigenvalue weighted by Crippen LogP contribution is -2.41. The number of nitriles is 1. The summed E-state index contributed by atoms with van der Waals surface area (Å²) in [6.45, 7) is 3.08. The van der Waals surface area contributed by atoms with Crippen molar-refractivity contribution >= 4 is 50.9 Å². The van der Waals surface area contributed by atoms with Crippen LogP contribution >= 0.6 is 38.9 Å². The van der Waals surface area contributed by atoms with Crippen LogP contribution < -0.4 is 24.4 Å². The van der Waals surface area contributed by atoms with Crippen molar-refractivity contribution in [2.24, 2.45) is 4.99 Å². The number of thiazole rings is 1. The lowest BCUT2D eigenvalue weighted by atomic mass is 9.95. The maximum absolute atomic E-state index is 14.3. The molecule has 214 valence electrons. The first-order chi connectivity index (χ1) is 19.5. The predicted octanol–water partition coefficient (Wildman–Crippen LogP) is 5.06. The maximum atomic E-state index is 14.3. The molecule has 1 aliphatic rings. The van der Waals surface area contributed by atoms with Crippen molar-refractivity contribution in [3.63, 3.8) is 0 Å². The molecule has 3 aromatic rings. The first-order valence-electron chi connectivity index (χ1n) is 12.0. The van der Waals surface area contributed by atoms with E-state index in [1.54, 1.807) is 19.1 Å². The fraction of sp³-hybridized carbons (Fsp3) is 0.259. The fourth-order valence-electron chi connectivity index (χ4n) is 4.13. The lowest BCUT2D eigenvalue weighted by Gasteiger charge is -2.26. The zero-order valence-electron chi connectivity index (χ0n) is 21.4. The molecule has 8 nitrogen and oxygen atoms in total. The van der Waals surface area contributed by atoms with Crippen LogP contribution in [0.5, 0.6) is 11.5 Å². The molecule has 0 radical (unpaired) electrons. The number of hydrogen-bond acceptors (Lipinski definition) is 8. The smallest absolute Gasteiger partial charge is 0.434 e. The number of hydrogen-bond donors (Lipinski definition) is 0. The van der Waals surface area contributed by atoms with Gasteiger partial charge in [0, 0.05) is 5.02 Å². The van der Waals surface area contributed by atoms with Crippen LogP contribution in [0.4, 0.5) is 13.2 Å². The van der Waals surface area contributed by atoms with Crippen molar-refractivity contribution in [3.05, 3.63) is 88.0 Å². The second kappa shape index (κ2) is 12.5. The standard InChI is InChI=1S/C27H20BrClF3N3O5S/c1-3-38-18-12-14(11-17(28)22(18)40-10-9-33)13-19-24(36)35-21(15-5-7-16(29)8-6-15)20(25(37)39-4-2)23(27(30,31)32)34-26(35)41-19/h5-8,11-13,21H,3-4,10H2,1-2H3/b19-13-/t21-/m0/s1. The molecule has 0 spiro atoms. The molecular formula is C27H20BrClF3N3O5S. The molecule has 0 saturated carbocycles. The number of carbonyl (C=O) groups excluding carboxylic acids is 1. The Bertz CT molecular complexity index is 1740. The van der Waals surface area contributed by atoms with Crippen LogP contribution in [0.1, 0.15) is 31.0 Å². The second-order valence-electron chi connectivity index (χ2n) is 8.32. The highest BCUT2D eigenvalue weighted by Gasteiger charge is 2.45. The molecule has 1 aliphatic heterocycles. The Morgan fingerprint density at radius 2 is 1.93 bits per heavy atom. The summed E-state index contributed by atoms with van der Waals surface area (Å²) >= 11 is 10.1. The number of ether oxygens (including phenoxy) is 3. The van der Waals surface area contributed by atoms with Gasteiger partial charge in [0.25, 0.3) is 5.56 Å². The minimum atomic E-state index is -5.02. The van der Waals surface area contributed by atoms with Crippen LogP contribution in [0.3, 0.4) is 0 Å². The Kier molecular flexibility index (Phi) is 9.26. The van der Waals surface area contributed by atoms with E-state index >= 15 is 0 Å². The minimum absolute atomic E-state index is 0.0504. The Morgan fingerprint density at radius 1 is 1.22 bits per heavy atom. The molecule has 4 rings (SSSR count). The van der Waals surface area contributed by atoms with Gasteiger partial charge in [-0.2, -0.15) is 18.4 Å². The lowest BCUT2D eigenvalue weighted by molar-refractivity contribution is -0.140. The van der Waals surface area contributed by atoms with Crippen molar-refractivity contribution in [2.75, 3.05) is 19.8 Å². The summed E-state index contributed by atoms with van der Waals surface area (Å²) in [5.74, 6) is -0.668. The van der Waals surface area contributed by atoms with E-state index in [1.165, 1.54) is 37.3 Å². The number of alkyl halides is 3.